The third-order valence-corrected chi connectivity index (χ3v) is 7.29. The van der Waals surface area contributed by atoms with Gasteiger partial charge in [0.25, 0.3) is 5.91 Å². The molecule has 9 heteroatoms. The zero-order valence-electron chi connectivity index (χ0n) is 17.7. The maximum atomic E-state index is 13.5. The van der Waals surface area contributed by atoms with E-state index in [9.17, 15) is 18.8 Å². The normalized spacial score (nSPS) is 28.8. The maximum absolute atomic E-state index is 13.5. The predicted octanol–water partition coefficient (Wildman–Crippen LogP) is 4.54. The molecule has 0 aromatic heterocycles. The molecule has 1 amide bonds. The van der Waals surface area contributed by atoms with Gasteiger partial charge >= 0.3 is 0 Å². The summed E-state index contributed by atoms with van der Waals surface area (Å²) in [5, 5.41) is 3.36. The average Bonchev–Trinajstić information content (AvgIpc) is 2.97. The second-order valence-corrected chi connectivity index (χ2v) is 10.3. The molecule has 3 saturated carbocycles. The first-order valence-electron chi connectivity index (χ1n) is 10.5. The van der Waals surface area contributed by atoms with E-state index in [0.717, 1.165) is 6.07 Å². The Morgan fingerprint density at radius 2 is 1.88 bits per heavy atom. The first kappa shape index (κ1) is 22.2. The molecule has 0 saturated heterocycles. The number of fused-ring (bicyclic) bond motifs is 1. The van der Waals surface area contributed by atoms with Crippen molar-refractivity contribution in [1.82, 2.24) is 5.32 Å². The Morgan fingerprint density at radius 3 is 2.58 bits per heavy atom. The van der Waals surface area contributed by atoms with E-state index in [1.807, 2.05) is 0 Å². The molecule has 6 nitrogen and oxygen atoms in total. The molecule has 1 heterocycles. The lowest BCUT2D eigenvalue weighted by Gasteiger charge is -2.70. The predicted molar refractivity (Wildman–Crippen MR) is 119 cm³/mol. The van der Waals surface area contributed by atoms with Crippen molar-refractivity contribution < 1.29 is 28.2 Å². The molecule has 3 fully saturated rings. The van der Waals surface area contributed by atoms with Crippen molar-refractivity contribution in [3.8, 4) is 11.5 Å². The highest BCUT2D eigenvalue weighted by Crippen LogP contribution is 2.69. The monoisotopic (exact) mass is 491 g/mol. The first-order valence-corrected chi connectivity index (χ1v) is 11.2. The minimum Gasteiger partial charge on any atom is -0.486 e. The Morgan fingerprint density at radius 1 is 1.15 bits per heavy atom. The van der Waals surface area contributed by atoms with Crippen LogP contribution in [0.2, 0.25) is 10.0 Å². The average molecular weight is 492 g/mol. The van der Waals surface area contributed by atoms with Crippen LogP contribution in [0.1, 0.15) is 43.0 Å². The molecule has 172 valence electrons. The summed E-state index contributed by atoms with van der Waals surface area (Å²) in [5.74, 6) is -1.05. The number of Topliss-reactive ketones (excluding diaryl/α,β-unsaturated/α-hetero) is 2. The number of ketones is 2. The zero-order chi connectivity index (χ0) is 23.6. The highest BCUT2D eigenvalue weighted by atomic mass is 35.5. The van der Waals surface area contributed by atoms with Gasteiger partial charge in [-0.25, -0.2) is 4.39 Å². The van der Waals surface area contributed by atoms with E-state index in [1.54, 1.807) is 12.1 Å². The van der Waals surface area contributed by atoms with E-state index in [2.05, 4.69) is 5.32 Å². The minimum absolute atomic E-state index is 0.0128. The summed E-state index contributed by atoms with van der Waals surface area (Å²) >= 11 is 11.6. The summed E-state index contributed by atoms with van der Waals surface area (Å²) in [4.78, 5) is 38.2. The molecule has 1 N–H and O–H groups in total. The molecule has 0 unspecified atom stereocenters. The lowest BCUT2D eigenvalue weighted by atomic mass is 9.38. The van der Waals surface area contributed by atoms with Crippen LogP contribution in [0.3, 0.4) is 0 Å². The van der Waals surface area contributed by atoms with Gasteiger partial charge in [0.05, 0.1) is 10.6 Å². The fraction of sp³-hybridized carbons (Fsp3) is 0.375. The number of hydrogen-bond acceptors (Lipinski definition) is 5. The summed E-state index contributed by atoms with van der Waals surface area (Å²) in [6.07, 6.45) is 2.26. The highest BCUT2D eigenvalue weighted by Gasteiger charge is 2.69. The molecule has 6 rings (SSSR count). The second-order valence-electron chi connectivity index (χ2n) is 9.45. The molecule has 2 bridgehead atoms. The van der Waals surface area contributed by atoms with Gasteiger partial charge in [-0.05, 0) is 61.9 Å². The van der Waals surface area contributed by atoms with Gasteiger partial charge in [-0.1, -0.05) is 23.2 Å². The fourth-order valence-corrected chi connectivity index (χ4v) is 5.61. The van der Waals surface area contributed by atoms with Gasteiger partial charge in [0, 0.05) is 23.0 Å². The van der Waals surface area contributed by atoms with Crippen molar-refractivity contribution in [2.75, 3.05) is 6.61 Å². The number of carbonyl (C=O) groups is 3. The van der Waals surface area contributed by atoms with Crippen LogP contribution in [-0.2, 0) is 9.59 Å². The van der Waals surface area contributed by atoms with Crippen LogP contribution in [0.4, 0.5) is 4.39 Å². The SMILES string of the molecule is C[C@]1(C(=O)NC23CC(CC(=O)COc4ccc(Cl)c(F)c4)(C2)C3)Oc2ccc(Cl)cc2C1=O. The van der Waals surface area contributed by atoms with E-state index >= 15 is 0 Å². The topological polar surface area (TPSA) is 81.7 Å². The molecular formula is C24H20Cl2FNO5. The van der Waals surface area contributed by atoms with Crippen molar-refractivity contribution in [2.24, 2.45) is 5.41 Å². The van der Waals surface area contributed by atoms with Crippen LogP contribution in [0.15, 0.2) is 36.4 Å². The van der Waals surface area contributed by atoms with Crippen molar-refractivity contribution in [2.45, 2.75) is 43.7 Å². The third-order valence-electron chi connectivity index (χ3n) is 6.75. The molecule has 1 aliphatic heterocycles. The van der Waals surface area contributed by atoms with E-state index in [0.29, 0.717) is 42.0 Å². The lowest BCUT2D eigenvalue weighted by molar-refractivity contribution is -0.176. The van der Waals surface area contributed by atoms with Gasteiger partial charge in [-0.3, -0.25) is 14.4 Å². The summed E-state index contributed by atoms with van der Waals surface area (Å²) in [6.45, 7) is 1.30. The second kappa shape index (κ2) is 7.43. The van der Waals surface area contributed by atoms with Crippen LogP contribution >= 0.6 is 23.2 Å². The van der Waals surface area contributed by atoms with Gasteiger partial charge in [0.15, 0.2) is 5.78 Å². The molecule has 3 aliphatic carbocycles. The number of rotatable bonds is 7. The quantitative estimate of drug-likeness (QED) is 0.574. The van der Waals surface area contributed by atoms with Crippen LogP contribution < -0.4 is 14.8 Å². The van der Waals surface area contributed by atoms with Crippen LogP contribution in [-0.4, -0.2) is 35.2 Å². The Bertz CT molecular complexity index is 1200. The Labute approximate surface area is 199 Å². The van der Waals surface area contributed by atoms with Crippen molar-refractivity contribution in [3.05, 3.63) is 57.8 Å². The number of nitrogens with one attached hydrogen (secondary N) is 1. The Hall–Kier alpha value is -2.64. The van der Waals surface area contributed by atoms with Crippen LogP contribution in [0.5, 0.6) is 11.5 Å². The fourth-order valence-electron chi connectivity index (χ4n) is 5.32. The maximum Gasteiger partial charge on any atom is 0.272 e. The van der Waals surface area contributed by atoms with Gasteiger partial charge < -0.3 is 14.8 Å². The van der Waals surface area contributed by atoms with Gasteiger partial charge in [0.2, 0.25) is 11.4 Å². The molecular weight excluding hydrogens is 472 g/mol. The lowest BCUT2D eigenvalue weighted by Crippen LogP contribution is -2.76. The van der Waals surface area contributed by atoms with Gasteiger partial charge in [-0.15, -0.1) is 0 Å². The largest absolute Gasteiger partial charge is 0.486 e. The van der Waals surface area contributed by atoms with Crippen LogP contribution in [0.25, 0.3) is 0 Å². The van der Waals surface area contributed by atoms with Crippen LogP contribution in [0, 0.1) is 11.2 Å². The number of amides is 1. The minimum atomic E-state index is -1.65. The number of halogens is 3. The summed E-state index contributed by atoms with van der Waals surface area (Å²) in [7, 11) is 0. The van der Waals surface area contributed by atoms with Crippen molar-refractivity contribution in [1.29, 1.82) is 0 Å². The number of hydrogen-bond donors (Lipinski definition) is 1. The van der Waals surface area contributed by atoms with E-state index < -0.39 is 28.6 Å². The Balaban J connectivity index is 1.13. The molecule has 0 radical (unpaired) electrons. The molecule has 4 aliphatic rings. The molecule has 0 spiro atoms. The zero-order valence-corrected chi connectivity index (χ0v) is 19.2. The summed E-state index contributed by atoms with van der Waals surface area (Å²) in [5.41, 5.74) is -1.94. The smallest absolute Gasteiger partial charge is 0.272 e. The third kappa shape index (κ3) is 3.67. The van der Waals surface area contributed by atoms with E-state index in [-0.39, 0.29) is 28.6 Å². The first-order chi connectivity index (χ1) is 15.5. The molecule has 1 atom stereocenters. The highest BCUT2D eigenvalue weighted by molar-refractivity contribution is 6.31. The van der Waals surface area contributed by atoms with Crippen molar-refractivity contribution in [3.63, 3.8) is 0 Å². The molecule has 33 heavy (non-hydrogen) atoms. The Kier molecular flexibility index (Phi) is 4.99. The number of carbonyl (C=O) groups excluding carboxylic acids is 3. The van der Waals surface area contributed by atoms with Crippen molar-refractivity contribution >= 4 is 40.7 Å². The van der Waals surface area contributed by atoms with E-state index in [1.165, 1.54) is 25.1 Å². The van der Waals surface area contributed by atoms with Gasteiger partial charge in [0.1, 0.15) is 23.9 Å². The summed E-state index contributed by atoms with van der Waals surface area (Å²) in [6, 6.07) is 8.70. The van der Waals surface area contributed by atoms with Gasteiger partial charge in [-0.2, -0.15) is 0 Å². The van der Waals surface area contributed by atoms with E-state index in [4.69, 9.17) is 32.7 Å². The molecule has 2 aromatic carbocycles. The summed E-state index contributed by atoms with van der Waals surface area (Å²) < 4.78 is 24.6. The molecule has 2 aromatic rings. The standard InChI is InChI=1S/C24H20Cl2FNO5/c1-22(20(30)16-6-13(25)2-5-19(16)33-22)21(31)28-24-10-23(11-24,12-24)8-14(29)9-32-15-3-4-17(26)18(27)7-15/h2-7H,8-12H2,1H3,(H,28,31)/t22-,23?,24?/m0/s1. The number of ether oxygens (including phenoxy) is 2. The number of benzene rings is 2.